The minimum absolute atomic E-state index is 0.0404. The van der Waals surface area contributed by atoms with Crippen molar-refractivity contribution in [3.63, 3.8) is 0 Å². The minimum atomic E-state index is -0.914. The molecule has 3 rings (SSSR count). The van der Waals surface area contributed by atoms with Crippen LogP contribution >= 0.6 is 11.6 Å². The zero-order chi connectivity index (χ0) is 14.1. The number of pyridine rings is 1. The lowest BCUT2D eigenvalue weighted by molar-refractivity contribution is 0.130. The standard InChI is InChI=1S/C16H15ClFNO/c17-13-8-2-6-11(14(13)18)16(20)12-7-1-4-10-5-3-9-19-15(10)12/h2-3,5-6,8-9,12,16,20H,1,4,7H2. The molecular formula is C16H15ClFNO. The topological polar surface area (TPSA) is 33.1 Å². The molecule has 2 nitrogen and oxygen atoms in total. The quantitative estimate of drug-likeness (QED) is 0.906. The van der Waals surface area contributed by atoms with E-state index in [2.05, 4.69) is 4.98 Å². The van der Waals surface area contributed by atoms with Gasteiger partial charge in [-0.05, 0) is 37.0 Å². The van der Waals surface area contributed by atoms with E-state index in [4.69, 9.17) is 11.6 Å². The molecule has 1 aliphatic rings. The highest BCUT2D eigenvalue weighted by Gasteiger charge is 2.30. The molecule has 0 aliphatic heterocycles. The molecule has 0 saturated heterocycles. The maximum atomic E-state index is 14.1. The summed E-state index contributed by atoms with van der Waals surface area (Å²) in [5, 5.41) is 10.6. The highest BCUT2D eigenvalue weighted by Crippen LogP contribution is 2.40. The van der Waals surface area contributed by atoms with Gasteiger partial charge in [-0.25, -0.2) is 4.39 Å². The number of benzene rings is 1. The van der Waals surface area contributed by atoms with Gasteiger partial charge >= 0.3 is 0 Å². The Balaban J connectivity index is 2.00. The smallest absolute Gasteiger partial charge is 0.147 e. The van der Waals surface area contributed by atoms with Crippen LogP contribution in [0.2, 0.25) is 5.02 Å². The van der Waals surface area contributed by atoms with E-state index in [0.717, 1.165) is 30.5 Å². The van der Waals surface area contributed by atoms with Crippen LogP contribution in [-0.2, 0) is 6.42 Å². The van der Waals surface area contributed by atoms with E-state index in [1.807, 2.05) is 12.1 Å². The molecule has 1 aliphatic carbocycles. The van der Waals surface area contributed by atoms with E-state index in [9.17, 15) is 9.50 Å². The molecule has 4 heteroatoms. The number of aliphatic hydroxyl groups is 1. The summed E-state index contributed by atoms with van der Waals surface area (Å²) < 4.78 is 14.1. The van der Waals surface area contributed by atoms with Crippen LogP contribution < -0.4 is 0 Å². The van der Waals surface area contributed by atoms with E-state index in [1.54, 1.807) is 18.3 Å². The summed E-state index contributed by atoms with van der Waals surface area (Å²) in [5.41, 5.74) is 2.27. The molecule has 1 aromatic heterocycles. The lowest BCUT2D eigenvalue weighted by Gasteiger charge is -2.28. The summed E-state index contributed by atoms with van der Waals surface area (Å²) in [5.74, 6) is -0.711. The van der Waals surface area contributed by atoms with Crippen molar-refractivity contribution < 1.29 is 9.50 Å². The third-order valence-electron chi connectivity index (χ3n) is 3.92. The second-order valence-electron chi connectivity index (χ2n) is 5.13. The monoisotopic (exact) mass is 291 g/mol. The van der Waals surface area contributed by atoms with Gasteiger partial charge in [0.05, 0.1) is 11.1 Å². The van der Waals surface area contributed by atoms with E-state index >= 15 is 0 Å². The summed E-state index contributed by atoms with van der Waals surface area (Å²) >= 11 is 5.80. The molecule has 0 fully saturated rings. The van der Waals surface area contributed by atoms with Gasteiger partial charge in [-0.15, -0.1) is 0 Å². The Hall–Kier alpha value is -1.45. The first-order valence-corrected chi connectivity index (χ1v) is 7.12. The van der Waals surface area contributed by atoms with Crippen molar-refractivity contribution in [2.75, 3.05) is 0 Å². The first-order valence-electron chi connectivity index (χ1n) is 6.74. The number of nitrogens with zero attached hydrogens (tertiary/aromatic N) is 1. The largest absolute Gasteiger partial charge is 0.388 e. The van der Waals surface area contributed by atoms with Crippen LogP contribution in [0, 0.1) is 5.82 Å². The number of hydrogen-bond acceptors (Lipinski definition) is 2. The lowest BCUT2D eigenvalue weighted by Crippen LogP contribution is -2.19. The van der Waals surface area contributed by atoms with Crippen LogP contribution in [0.4, 0.5) is 4.39 Å². The Bertz CT molecular complexity index is 632. The van der Waals surface area contributed by atoms with Gasteiger partial charge in [-0.1, -0.05) is 29.8 Å². The van der Waals surface area contributed by atoms with Crippen molar-refractivity contribution in [1.29, 1.82) is 0 Å². The molecule has 2 aromatic rings. The third kappa shape index (κ3) is 2.32. The average molecular weight is 292 g/mol. The highest BCUT2D eigenvalue weighted by molar-refractivity contribution is 6.30. The zero-order valence-electron chi connectivity index (χ0n) is 10.9. The number of aryl methyl sites for hydroxylation is 1. The van der Waals surface area contributed by atoms with Crippen molar-refractivity contribution in [3.8, 4) is 0 Å². The van der Waals surface area contributed by atoms with Crippen LogP contribution in [0.25, 0.3) is 0 Å². The molecule has 0 spiro atoms. The first kappa shape index (κ1) is 13.5. The summed E-state index contributed by atoms with van der Waals surface area (Å²) in [4.78, 5) is 4.38. The number of aromatic nitrogens is 1. The van der Waals surface area contributed by atoms with Crippen LogP contribution in [0.3, 0.4) is 0 Å². The Morgan fingerprint density at radius 2 is 2.15 bits per heavy atom. The van der Waals surface area contributed by atoms with Gasteiger partial charge in [0.2, 0.25) is 0 Å². The second kappa shape index (κ2) is 5.51. The number of fused-ring (bicyclic) bond motifs is 1. The molecule has 0 radical (unpaired) electrons. The van der Waals surface area contributed by atoms with Crippen LogP contribution in [-0.4, -0.2) is 10.1 Å². The normalized spacial score (nSPS) is 19.4. The molecule has 0 amide bonds. The van der Waals surface area contributed by atoms with Gasteiger partial charge in [0.15, 0.2) is 0 Å². The van der Waals surface area contributed by atoms with Crippen LogP contribution in [0.5, 0.6) is 0 Å². The summed E-state index contributed by atoms with van der Waals surface area (Å²) in [6.45, 7) is 0. The van der Waals surface area contributed by atoms with Gasteiger partial charge in [-0.3, -0.25) is 4.98 Å². The third-order valence-corrected chi connectivity index (χ3v) is 4.21. The van der Waals surface area contributed by atoms with Crippen molar-refractivity contribution in [2.24, 2.45) is 0 Å². The van der Waals surface area contributed by atoms with Gasteiger partial charge in [0, 0.05) is 23.4 Å². The van der Waals surface area contributed by atoms with Gasteiger partial charge in [-0.2, -0.15) is 0 Å². The Morgan fingerprint density at radius 3 is 3.00 bits per heavy atom. The molecule has 1 heterocycles. The molecule has 20 heavy (non-hydrogen) atoms. The van der Waals surface area contributed by atoms with Gasteiger partial charge in [0.25, 0.3) is 0 Å². The fourth-order valence-corrected chi connectivity index (χ4v) is 3.10. The SMILES string of the molecule is OC(c1cccc(Cl)c1F)C1CCCc2cccnc21. The molecule has 0 saturated carbocycles. The predicted molar refractivity (Wildman–Crippen MR) is 76.3 cm³/mol. The Morgan fingerprint density at radius 1 is 1.30 bits per heavy atom. The van der Waals surface area contributed by atoms with Crippen molar-refractivity contribution >= 4 is 11.6 Å². The molecule has 104 valence electrons. The van der Waals surface area contributed by atoms with E-state index in [1.165, 1.54) is 6.07 Å². The summed E-state index contributed by atoms with van der Waals surface area (Å²) in [7, 11) is 0. The molecule has 1 aromatic carbocycles. The van der Waals surface area contributed by atoms with E-state index in [0.29, 0.717) is 0 Å². The Labute approximate surface area is 122 Å². The molecule has 2 unspecified atom stereocenters. The maximum Gasteiger partial charge on any atom is 0.147 e. The summed E-state index contributed by atoms with van der Waals surface area (Å²) in [6.07, 6.45) is 3.55. The highest BCUT2D eigenvalue weighted by atomic mass is 35.5. The van der Waals surface area contributed by atoms with Crippen LogP contribution in [0.1, 0.15) is 41.7 Å². The van der Waals surface area contributed by atoms with Gasteiger partial charge < -0.3 is 5.11 Å². The predicted octanol–water partition coefficient (Wildman–Crippen LogP) is 4.03. The number of aliphatic hydroxyl groups excluding tert-OH is 1. The second-order valence-corrected chi connectivity index (χ2v) is 5.54. The zero-order valence-corrected chi connectivity index (χ0v) is 11.6. The maximum absolute atomic E-state index is 14.1. The fourth-order valence-electron chi connectivity index (χ4n) is 2.92. The molecule has 0 bridgehead atoms. The van der Waals surface area contributed by atoms with E-state index in [-0.39, 0.29) is 16.5 Å². The van der Waals surface area contributed by atoms with Crippen molar-refractivity contribution in [1.82, 2.24) is 4.98 Å². The lowest BCUT2D eigenvalue weighted by atomic mass is 9.81. The van der Waals surface area contributed by atoms with Gasteiger partial charge in [0.1, 0.15) is 5.82 Å². The molecular weight excluding hydrogens is 277 g/mol. The Kier molecular flexibility index (Phi) is 3.72. The first-order chi connectivity index (χ1) is 9.68. The fraction of sp³-hybridized carbons (Fsp3) is 0.312. The summed E-state index contributed by atoms with van der Waals surface area (Å²) in [6, 6.07) is 8.65. The van der Waals surface area contributed by atoms with Crippen LogP contribution in [0.15, 0.2) is 36.5 Å². The number of rotatable bonds is 2. The number of hydrogen-bond donors (Lipinski definition) is 1. The van der Waals surface area contributed by atoms with Crippen molar-refractivity contribution in [3.05, 3.63) is 64.2 Å². The average Bonchev–Trinajstić information content (AvgIpc) is 2.49. The van der Waals surface area contributed by atoms with E-state index < -0.39 is 11.9 Å². The molecule has 1 N–H and O–H groups in total. The minimum Gasteiger partial charge on any atom is -0.388 e. The number of halogens is 2. The molecule has 2 atom stereocenters. The van der Waals surface area contributed by atoms with Crippen molar-refractivity contribution in [2.45, 2.75) is 31.3 Å².